The third-order valence-corrected chi connectivity index (χ3v) is 2.66. The second-order valence-corrected chi connectivity index (χ2v) is 4.44. The van der Waals surface area contributed by atoms with Crippen molar-refractivity contribution in [2.45, 2.75) is 58.4 Å². The van der Waals surface area contributed by atoms with Gasteiger partial charge in [-0.05, 0) is 38.6 Å². The minimum Gasteiger partial charge on any atom is -0.480 e. The van der Waals surface area contributed by atoms with Gasteiger partial charge in [0.05, 0.1) is 0 Å². The molecule has 5 heteroatoms. The average molecular weight is 258 g/mol. The Morgan fingerprint density at radius 3 is 2.39 bits per heavy atom. The summed E-state index contributed by atoms with van der Waals surface area (Å²) in [6.07, 6.45) is 4.59. The largest absolute Gasteiger partial charge is 0.480 e. The molecule has 0 aliphatic heterocycles. The Labute approximate surface area is 109 Å². The van der Waals surface area contributed by atoms with Gasteiger partial charge in [-0.3, -0.25) is 9.59 Å². The molecule has 0 rings (SSSR count). The number of hydrogen-bond acceptors (Lipinski definition) is 3. The van der Waals surface area contributed by atoms with Crippen LogP contribution in [0.3, 0.4) is 0 Å². The van der Waals surface area contributed by atoms with E-state index in [1.807, 2.05) is 13.8 Å². The van der Waals surface area contributed by atoms with E-state index in [9.17, 15) is 9.59 Å². The fourth-order valence-electron chi connectivity index (χ4n) is 1.65. The monoisotopic (exact) mass is 258 g/mol. The van der Waals surface area contributed by atoms with Crippen LogP contribution in [-0.4, -0.2) is 36.1 Å². The topological polar surface area (TPSA) is 78.4 Å². The van der Waals surface area contributed by atoms with Crippen molar-refractivity contribution in [3.05, 3.63) is 0 Å². The van der Waals surface area contributed by atoms with E-state index in [4.69, 9.17) is 5.11 Å². The second kappa shape index (κ2) is 11.0. The summed E-state index contributed by atoms with van der Waals surface area (Å²) in [6.45, 7) is 5.34. The molecule has 0 aromatic carbocycles. The highest BCUT2D eigenvalue weighted by Gasteiger charge is 2.15. The number of nitrogens with one attached hydrogen (secondary N) is 2. The van der Waals surface area contributed by atoms with Gasteiger partial charge in [-0.25, -0.2) is 0 Å². The molecule has 0 radical (unpaired) electrons. The minimum atomic E-state index is -0.793. The highest BCUT2D eigenvalue weighted by molar-refractivity contribution is 5.75. The lowest BCUT2D eigenvalue weighted by Crippen LogP contribution is -2.37. The number of unbranched alkanes of at least 4 members (excludes halogenated alkanes) is 1. The van der Waals surface area contributed by atoms with Gasteiger partial charge in [-0.15, -0.1) is 0 Å². The van der Waals surface area contributed by atoms with E-state index >= 15 is 0 Å². The Morgan fingerprint density at radius 1 is 1.11 bits per heavy atom. The van der Waals surface area contributed by atoms with Gasteiger partial charge in [0.2, 0.25) is 5.91 Å². The molecule has 18 heavy (non-hydrogen) atoms. The maximum atomic E-state index is 11.2. The van der Waals surface area contributed by atoms with Crippen LogP contribution in [-0.2, 0) is 9.59 Å². The third kappa shape index (κ3) is 8.98. The normalized spacial score (nSPS) is 12.1. The fourth-order valence-corrected chi connectivity index (χ4v) is 1.65. The van der Waals surface area contributed by atoms with Crippen molar-refractivity contribution in [2.75, 3.05) is 13.1 Å². The van der Waals surface area contributed by atoms with Crippen molar-refractivity contribution in [2.24, 2.45) is 0 Å². The van der Waals surface area contributed by atoms with E-state index in [1.165, 1.54) is 0 Å². The molecular formula is C13H26N2O3. The van der Waals surface area contributed by atoms with E-state index in [0.717, 1.165) is 32.2 Å². The molecule has 1 amide bonds. The molecule has 0 unspecified atom stereocenters. The lowest BCUT2D eigenvalue weighted by molar-refractivity contribution is -0.139. The maximum Gasteiger partial charge on any atom is 0.320 e. The zero-order chi connectivity index (χ0) is 13.8. The number of carbonyl (C=O) groups is 2. The molecule has 0 aromatic rings. The summed E-state index contributed by atoms with van der Waals surface area (Å²) in [4.78, 5) is 22.1. The van der Waals surface area contributed by atoms with Gasteiger partial charge in [0.15, 0.2) is 0 Å². The first-order chi connectivity index (χ1) is 8.61. The first-order valence-corrected chi connectivity index (χ1v) is 6.84. The van der Waals surface area contributed by atoms with Crippen LogP contribution in [0.15, 0.2) is 0 Å². The van der Waals surface area contributed by atoms with Crippen molar-refractivity contribution in [3.8, 4) is 0 Å². The number of amides is 1. The molecule has 0 fully saturated rings. The summed E-state index contributed by atoms with van der Waals surface area (Å²) in [5.41, 5.74) is 0. The van der Waals surface area contributed by atoms with Gasteiger partial charge >= 0.3 is 5.97 Å². The van der Waals surface area contributed by atoms with E-state index in [2.05, 4.69) is 10.6 Å². The van der Waals surface area contributed by atoms with Crippen LogP contribution < -0.4 is 10.6 Å². The Kier molecular flexibility index (Phi) is 10.3. The lowest BCUT2D eigenvalue weighted by Gasteiger charge is -2.13. The highest BCUT2D eigenvalue weighted by Crippen LogP contribution is 2.01. The molecule has 1 atom stereocenters. The Balaban J connectivity index is 3.60. The molecule has 5 nitrogen and oxygen atoms in total. The number of hydrogen-bond donors (Lipinski definition) is 3. The molecule has 3 N–H and O–H groups in total. The van der Waals surface area contributed by atoms with Crippen LogP contribution in [0.1, 0.15) is 52.4 Å². The molecule has 0 saturated heterocycles. The Hall–Kier alpha value is -1.10. The van der Waals surface area contributed by atoms with Crippen LogP contribution in [0, 0.1) is 0 Å². The van der Waals surface area contributed by atoms with Crippen LogP contribution in [0.2, 0.25) is 0 Å². The number of aliphatic carboxylic acids is 1. The Morgan fingerprint density at radius 2 is 1.83 bits per heavy atom. The van der Waals surface area contributed by atoms with E-state index in [1.54, 1.807) is 0 Å². The zero-order valence-corrected chi connectivity index (χ0v) is 11.5. The first-order valence-electron chi connectivity index (χ1n) is 6.84. The van der Waals surface area contributed by atoms with Crippen LogP contribution in [0.4, 0.5) is 0 Å². The van der Waals surface area contributed by atoms with Crippen LogP contribution in [0.5, 0.6) is 0 Å². The molecule has 0 aliphatic carbocycles. The van der Waals surface area contributed by atoms with E-state index < -0.39 is 12.0 Å². The lowest BCUT2D eigenvalue weighted by atomic mass is 10.1. The summed E-state index contributed by atoms with van der Waals surface area (Å²) >= 11 is 0. The molecular weight excluding hydrogens is 232 g/mol. The second-order valence-electron chi connectivity index (χ2n) is 4.44. The first kappa shape index (κ1) is 16.9. The number of carboxylic acid groups (broad SMARTS) is 1. The Bertz CT molecular complexity index is 244. The predicted octanol–water partition coefficient (Wildman–Crippen LogP) is 1.53. The molecule has 106 valence electrons. The molecule has 0 saturated carbocycles. The summed E-state index contributed by atoms with van der Waals surface area (Å²) in [6, 6.07) is -0.462. The zero-order valence-electron chi connectivity index (χ0n) is 11.5. The predicted molar refractivity (Wildman–Crippen MR) is 71.5 cm³/mol. The fraction of sp³-hybridized carbons (Fsp3) is 0.846. The van der Waals surface area contributed by atoms with Gasteiger partial charge in [0.1, 0.15) is 6.04 Å². The van der Waals surface area contributed by atoms with Crippen molar-refractivity contribution < 1.29 is 14.7 Å². The third-order valence-electron chi connectivity index (χ3n) is 2.66. The number of carboxylic acids is 1. The smallest absolute Gasteiger partial charge is 0.320 e. The quantitative estimate of drug-likeness (QED) is 0.491. The van der Waals surface area contributed by atoms with Crippen molar-refractivity contribution >= 4 is 11.9 Å². The summed E-state index contributed by atoms with van der Waals surface area (Å²) < 4.78 is 0. The van der Waals surface area contributed by atoms with Gasteiger partial charge in [0.25, 0.3) is 0 Å². The van der Waals surface area contributed by atoms with Gasteiger partial charge in [-0.2, -0.15) is 0 Å². The summed E-state index contributed by atoms with van der Waals surface area (Å²) in [5.74, 6) is -0.713. The molecule has 0 aromatic heterocycles. The SMILES string of the molecule is CCCN[C@@H](CCCCNC(=O)CCC)C(=O)O. The van der Waals surface area contributed by atoms with Crippen molar-refractivity contribution in [1.29, 1.82) is 0 Å². The summed E-state index contributed by atoms with van der Waals surface area (Å²) in [5, 5.41) is 14.8. The average Bonchev–Trinajstić information content (AvgIpc) is 2.32. The van der Waals surface area contributed by atoms with Crippen LogP contribution >= 0.6 is 0 Å². The molecule has 0 heterocycles. The highest BCUT2D eigenvalue weighted by atomic mass is 16.4. The standard InChI is InChI=1S/C13H26N2O3/c1-3-7-12(16)15-10-6-5-8-11(13(17)18)14-9-4-2/h11,14H,3-10H2,1-2H3,(H,15,16)(H,17,18)/t11-/m0/s1. The van der Waals surface area contributed by atoms with Gasteiger partial charge in [0, 0.05) is 13.0 Å². The van der Waals surface area contributed by atoms with Crippen molar-refractivity contribution in [1.82, 2.24) is 10.6 Å². The van der Waals surface area contributed by atoms with E-state index in [0.29, 0.717) is 19.4 Å². The maximum absolute atomic E-state index is 11.2. The molecule has 0 spiro atoms. The van der Waals surface area contributed by atoms with Crippen LogP contribution in [0.25, 0.3) is 0 Å². The van der Waals surface area contributed by atoms with Gasteiger partial charge < -0.3 is 15.7 Å². The molecule has 0 aliphatic rings. The number of rotatable bonds is 11. The number of carbonyl (C=O) groups excluding carboxylic acids is 1. The van der Waals surface area contributed by atoms with E-state index in [-0.39, 0.29) is 5.91 Å². The summed E-state index contributed by atoms with van der Waals surface area (Å²) in [7, 11) is 0. The van der Waals surface area contributed by atoms with Crippen molar-refractivity contribution in [3.63, 3.8) is 0 Å². The minimum absolute atomic E-state index is 0.0800. The van der Waals surface area contributed by atoms with Gasteiger partial charge in [-0.1, -0.05) is 13.8 Å². The molecule has 0 bridgehead atoms.